The molecule has 1 nitrogen and oxygen atoms in total. The molecule has 17 heavy (non-hydrogen) atoms. The highest BCUT2D eigenvalue weighted by Gasteiger charge is 2.07. The summed E-state index contributed by atoms with van der Waals surface area (Å²) in [5, 5.41) is 3.51. The van der Waals surface area contributed by atoms with Gasteiger partial charge in [-0.3, -0.25) is 0 Å². The molecule has 0 heterocycles. The smallest absolute Gasteiger partial charge is 0.0185 e. The Kier molecular flexibility index (Phi) is 5.54. The Morgan fingerprint density at radius 2 is 1.65 bits per heavy atom. The van der Waals surface area contributed by atoms with Crippen LogP contribution in [0.15, 0.2) is 18.2 Å². The fourth-order valence-electron chi connectivity index (χ4n) is 1.84. The Morgan fingerprint density at radius 1 is 1.06 bits per heavy atom. The summed E-state index contributed by atoms with van der Waals surface area (Å²) >= 11 is 2.00. The van der Waals surface area contributed by atoms with Crippen molar-refractivity contribution in [2.45, 2.75) is 45.9 Å². The van der Waals surface area contributed by atoms with Crippen LogP contribution in [0, 0.1) is 13.8 Å². The van der Waals surface area contributed by atoms with Crippen molar-refractivity contribution in [3.8, 4) is 0 Å². The van der Waals surface area contributed by atoms with Crippen molar-refractivity contribution in [2.24, 2.45) is 0 Å². The van der Waals surface area contributed by atoms with E-state index in [1.54, 1.807) is 0 Å². The van der Waals surface area contributed by atoms with E-state index >= 15 is 0 Å². The minimum Gasteiger partial charge on any atom is -0.311 e. The molecule has 0 aliphatic carbocycles. The summed E-state index contributed by atoms with van der Waals surface area (Å²) in [6.07, 6.45) is 0. The Balaban J connectivity index is 2.27. The van der Waals surface area contributed by atoms with Crippen LogP contribution in [0.3, 0.4) is 0 Å². The standard InChI is InChI=1S/C15H25NS/c1-12-8-13(2)10-14(9-12)11-17-7-6-16-15(3,4)5/h8-10,16H,6-7,11H2,1-5H3. The van der Waals surface area contributed by atoms with Gasteiger partial charge in [-0.15, -0.1) is 0 Å². The van der Waals surface area contributed by atoms with Gasteiger partial charge in [0.25, 0.3) is 0 Å². The molecule has 1 aromatic rings. The van der Waals surface area contributed by atoms with Crippen LogP contribution in [0.25, 0.3) is 0 Å². The summed E-state index contributed by atoms with van der Waals surface area (Å²) in [7, 11) is 0. The van der Waals surface area contributed by atoms with Crippen molar-refractivity contribution >= 4 is 11.8 Å². The van der Waals surface area contributed by atoms with Crippen molar-refractivity contribution in [1.29, 1.82) is 0 Å². The quantitative estimate of drug-likeness (QED) is 0.796. The topological polar surface area (TPSA) is 12.0 Å². The second-order valence-corrected chi connectivity index (χ2v) is 6.83. The van der Waals surface area contributed by atoms with E-state index in [-0.39, 0.29) is 5.54 Å². The van der Waals surface area contributed by atoms with Gasteiger partial charge in [-0.1, -0.05) is 29.3 Å². The molecule has 0 aliphatic rings. The third-order valence-electron chi connectivity index (χ3n) is 2.45. The van der Waals surface area contributed by atoms with E-state index in [4.69, 9.17) is 0 Å². The third-order valence-corrected chi connectivity index (χ3v) is 3.48. The van der Waals surface area contributed by atoms with Gasteiger partial charge in [0.1, 0.15) is 0 Å². The van der Waals surface area contributed by atoms with Gasteiger partial charge in [-0.05, 0) is 40.2 Å². The Bertz CT molecular complexity index is 332. The van der Waals surface area contributed by atoms with Crippen molar-refractivity contribution in [1.82, 2.24) is 5.32 Å². The van der Waals surface area contributed by atoms with Crippen LogP contribution in [0.1, 0.15) is 37.5 Å². The number of thioether (sulfide) groups is 1. The molecule has 96 valence electrons. The molecule has 0 aliphatic heterocycles. The Labute approximate surface area is 110 Å². The molecule has 1 aromatic carbocycles. The normalized spacial score (nSPS) is 11.8. The van der Waals surface area contributed by atoms with E-state index in [2.05, 4.69) is 58.1 Å². The summed E-state index contributed by atoms with van der Waals surface area (Å²) in [6, 6.07) is 6.81. The summed E-state index contributed by atoms with van der Waals surface area (Å²) in [5.41, 5.74) is 4.42. The van der Waals surface area contributed by atoms with E-state index in [0.717, 1.165) is 12.3 Å². The predicted molar refractivity (Wildman–Crippen MR) is 79.8 cm³/mol. The lowest BCUT2D eigenvalue weighted by atomic mass is 10.1. The van der Waals surface area contributed by atoms with Crippen molar-refractivity contribution < 1.29 is 0 Å². The van der Waals surface area contributed by atoms with Crippen LogP contribution in [0.5, 0.6) is 0 Å². The fourth-order valence-corrected chi connectivity index (χ4v) is 2.63. The highest BCUT2D eigenvalue weighted by Crippen LogP contribution is 2.15. The molecular formula is C15H25NS. The van der Waals surface area contributed by atoms with Crippen LogP contribution in [0.4, 0.5) is 0 Å². The molecular weight excluding hydrogens is 226 g/mol. The number of rotatable bonds is 5. The van der Waals surface area contributed by atoms with Gasteiger partial charge in [0.2, 0.25) is 0 Å². The van der Waals surface area contributed by atoms with Crippen LogP contribution in [-0.4, -0.2) is 17.8 Å². The van der Waals surface area contributed by atoms with E-state index in [1.807, 2.05) is 11.8 Å². The molecule has 0 radical (unpaired) electrons. The average Bonchev–Trinajstić information content (AvgIpc) is 2.13. The molecule has 1 N–H and O–H groups in total. The number of hydrogen-bond donors (Lipinski definition) is 1. The zero-order chi connectivity index (χ0) is 12.9. The van der Waals surface area contributed by atoms with Crippen molar-refractivity contribution in [3.05, 3.63) is 34.9 Å². The Morgan fingerprint density at radius 3 is 2.18 bits per heavy atom. The lowest BCUT2D eigenvalue weighted by Gasteiger charge is -2.20. The first kappa shape index (κ1) is 14.6. The first-order chi connectivity index (χ1) is 7.87. The molecule has 0 bridgehead atoms. The van der Waals surface area contributed by atoms with Gasteiger partial charge < -0.3 is 5.32 Å². The van der Waals surface area contributed by atoms with E-state index < -0.39 is 0 Å². The summed E-state index contributed by atoms with van der Waals surface area (Å²) in [6.45, 7) is 12.0. The minimum atomic E-state index is 0.237. The van der Waals surface area contributed by atoms with Gasteiger partial charge >= 0.3 is 0 Å². The molecule has 0 fully saturated rings. The predicted octanol–water partition coefficient (Wildman–Crippen LogP) is 3.92. The molecule has 1 rings (SSSR count). The highest BCUT2D eigenvalue weighted by molar-refractivity contribution is 7.98. The van der Waals surface area contributed by atoms with Crippen LogP contribution < -0.4 is 5.32 Å². The first-order valence-electron chi connectivity index (χ1n) is 6.27. The zero-order valence-electron chi connectivity index (χ0n) is 11.8. The zero-order valence-corrected chi connectivity index (χ0v) is 12.6. The first-order valence-corrected chi connectivity index (χ1v) is 7.42. The van der Waals surface area contributed by atoms with Gasteiger partial charge in [-0.25, -0.2) is 0 Å². The van der Waals surface area contributed by atoms with Crippen LogP contribution >= 0.6 is 11.8 Å². The van der Waals surface area contributed by atoms with E-state index in [9.17, 15) is 0 Å². The Hall–Kier alpha value is -0.470. The maximum atomic E-state index is 3.51. The van der Waals surface area contributed by atoms with Crippen molar-refractivity contribution in [2.75, 3.05) is 12.3 Å². The number of aryl methyl sites for hydroxylation is 2. The molecule has 0 saturated heterocycles. The molecule has 0 atom stereocenters. The van der Waals surface area contributed by atoms with Crippen LogP contribution in [-0.2, 0) is 5.75 Å². The number of nitrogens with one attached hydrogen (secondary N) is 1. The van der Waals surface area contributed by atoms with E-state index in [1.165, 1.54) is 22.4 Å². The third kappa shape index (κ3) is 6.75. The van der Waals surface area contributed by atoms with Crippen molar-refractivity contribution in [3.63, 3.8) is 0 Å². The number of hydrogen-bond acceptors (Lipinski definition) is 2. The molecule has 0 unspecified atom stereocenters. The molecule has 0 amide bonds. The molecule has 0 saturated carbocycles. The maximum Gasteiger partial charge on any atom is 0.0185 e. The monoisotopic (exact) mass is 251 g/mol. The van der Waals surface area contributed by atoms with Gasteiger partial charge in [0.15, 0.2) is 0 Å². The maximum absolute atomic E-state index is 3.51. The average molecular weight is 251 g/mol. The second-order valence-electron chi connectivity index (χ2n) is 5.73. The fraction of sp³-hybridized carbons (Fsp3) is 0.600. The summed E-state index contributed by atoms with van der Waals surface area (Å²) < 4.78 is 0. The SMILES string of the molecule is Cc1cc(C)cc(CSCCNC(C)(C)C)c1. The molecule has 0 spiro atoms. The molecule has 2 heteroatoms. The second kappa shape index (κ2) is 6.46. The summed E-state index contributed by atoms with van der Waals surface area (Å²) in [5.74, 6) is 2.29. The number of benzene rings is 1. The lowest BCUT2D eigenvalue weighted by Crippen LogP contribution is -2.37. The largest absolute Gasteiger partial charge is 0.311 e. The molecule has 0 aromatic heterocycles. The lowest BCUT2D eigenvalue weighted by molar-refractivity contribution is 0.441. The van der Waals surface area contributed by atoms with Crippen LogP contribution in [0.2, 0.25) is 0 Å². The van der Waals surface area contributed by atoms with Gasteiger partial charge in [0.05, 0.1) is 0 Å². The van der Waals surface area contributed by atoms with Gasteiger partial charge in [0, 0.05) is 23.6 Å². The minimum absolute atomic E-state index is 0.237. The van der Waals surface area contributed by atoms with Gasteiger partial charge in [-0.2, -0.15) is 11.8 Å². The van der Waals surface area contributed by atoms with E-state index in [0.29, 0.717) is 0 Å². The summed E-state index contributed by atoms with van der Waals surface area (Å²) in [4.78, 5) is 0. The highest BCUT2D eigenvalue weighted by atomic mass is 32.2.